The summed E-state index contributed by atoms with van der Waals surface area (Å²) in [5.41, 5.74) is 0. The van der Waals surface area contributed by atoms with Gasteiger partial charge >= 0.3 is 0 Å². The van der Waals surface area contributed by atoms with E-state index < -0.39 is 24.9 Å². The van der Waals surface area contributed by atoms with Crippen LogP contribution in [0.25, 0.3) is 0 Å². The SMILES string of the molecule is CCC(=O)SCCC(F)(F)CC(C)F. The molecule has 5 heteroatoms. The van der Waals surface area contributed by atoms with E-state index in [1.165, 1.54) is 0 Å². The topological polar surface area (TPSA) is 17.1 Å². The van der Waals surface area contributed by atoms with Crippen LogP contribution in [-0.2, 0) is 4.79 Å². The first kappa shape index (κ1) is 13.8. The molecule has 0 bridgehead atoms. The summed E-state index contributed by atoms with van der Waals surface area (Å²) in [4.78, 5) is 10.8. The van der Waals surface area contributed by atoms with Crippen molar-refractivity contribution in [3.8, 4) is 0 Å². The van der Waals surface area contributed by atoms with Crippen molar-refractivity contribution < 1.29 is 18.0 Å². The van der Waals surface area contributed by atoms with E-state index in [-0.39, 0.29) is 10.9 Å². The molecule has 0 aliphatic carbocycles. The standard InChI is InChI=1S/C9H15F3OS/c1-3-8(13)14-5-4-9(11,12)6-7(2)10/h7H,3-6H2,1-2H3. The van der Waals surface area contributed by atoms with Gasteiger partial charge in [-0.1, -0.05) is 18.7 Å². The zero-order chi connectivity index (χ0) is 11.2. The number of alkyl halides is 3. The summed E-state index contributed by atoms with van der Waals surface area (Å²) in [6.45, 7) is 2.79. The van der Waals surface area contributed by atoms with E-state index in [2.05, 4.69) is 0 Å². The average Bonchev–Trinajstić information content (AvgIpc) is 2.01. The Bertz CT molecular complexity index is 183. The maximum absolute atomic E-state index is 12.9. The highest BCUT2D eigenvalue weighted by atomic mass is 32.2. The van der Waals surface area contributed by atoms with Gasteiger partial charge in [0.05, 0.1) is 0 Å². The van der Waals surface area contributed by atoms with E-state index in [0.717, 1.165) is 18.7 Å². The molecule has 0 rings (SSSR count). The molecule has 0 saturated carbocycles. The first-order valence-electron chi connectivity index (χ1n) is 4.55. The third-order valence-corrected chi connectivity index (χ3v) is 2.62. The molecule has 0 radical (unpaired) electrons. The van der Waals surface area contributed by atoms with Crippen molar-refractivity contribution in [3.05, 3.63) is 0 Å². The lowest BCUT2D eigenvalue weighted by Crippen LogP contribution is -2.21. The molecule has 0 saturated heterocycles. The van der Waals surface area contributed by atoms with Crippen molar-refractivity contribution >= 4 is 16.9 Å². The van der Waals surface area contributed by atoms with E-state index in [9.17, 15) is 18.0 Å². The Kier molecular flexibility index (Phi) is 6.24. The summed E-state index contributed by atoms with van der Waals surface area (Å²) in [5.74, 6) is -2.93. The fourth-order valence-electron chi connectivity index (χ4n) is 0.930. The van der Waals surface area contributed by atoms with Gasteiger partial charge in [0, 0.05) is 25.0 Å². The van der Waals surface area contributed by atoms with Gasteiger partial charge in [-0.3, -0.25) is 4.79 Å². The van der Waals surface area contributed by atoms with E-state index in [0.29, 0.717) is 6.42 Å². The van der Waals surface area contributed by atoms with E-state index >= 15 is 0 Å². The molecule has 0 aromatic rings. The van der Waals surface area contributed by atoms with Crippen molar-refractivity contribution in [2.75, 3.05) is 5.75 Å². The maximum atomic E-state index is 12.9. The van der Waals surface area contributed by atoms with Gasteiger partial charge in [-0.25, -0.2) is 13.2 Å². The van der Waals surface area contributed by atoms with Crippen LogP contribution in [0.15, 0.2) is 0 Å². The first-order valence-corrected chi connectivity index (χ1v) is 5.53. The number of carbonyl (C=O) groups is 1. The predicted octanol–water partition coefficient (Wildman–Crippen LogP) is 3.43. The number of thioether (sulfide) groups is 1. The van der Waals surface area contributed by atoms with Crippen molar-refractivity contribution in [3.63, 3.8) is 0 Å². The van der Waals surface area contributed by atoms with Gasteiger partial charge in [-0.2, -0.15) is 0 Å². The molecular weight excluding hydrogens is 213 g/mol. The predicted molar refractivity (Wildman–Crippen MR) is 52.5 cm³/mol. The van der Waals surface area contributed by atoms with Crippen LogP contribution in [0.3, 0.4) is 0 Å². The Balaban J connectivity index is 3.70. The largest absolute Gasteiger partial charge is 0.287 e. The minimum atomic E-state index is -2.99. The second-order valence-corrected chi connectivity index (χ2v) is 4.32. The third kappa shape index (κ3) is 7.24. The molecule has 0 aromatic heterocycles. The smallest absolute Gasteiger partial charge is 0.251 e. The van der Waals surface area contributed by atoms with E-state index in [4.69, 9.17) is 0 Å². The average molecular weight is 228 g/mol. The van der Waals surface area contributed by atoms with Gasteiger partial charge < -0.3 is 0 Å². The normalized spacial score (nSPS) is 14.1. The molecule has 1 atom stereocenters. The lowest BCUT2D eigenvalue weighted by Gasteiger charge is -2.16. The van der Waals surface area contributed by atoms with Crippen LogP contribution in [-0.4, -0.2) is 23.0 Å². The molecule has 0 N–H and O–H groups in total. The molecule has 0 amide bonds. The van der Waals surface area contributed by atoms with Crippen molar-refractivity contribution in [1.82, 2.24) is 0 Å². The fraction of sp³-hybridized carbons (Fsp3) is 0.889. The monoisotopic (exact) mass is 228 g/mol. The molecule has 0 fully saturated rings. The maximum Gasteiger partial charge on any atom is 0.251 e. The van der Waals surface area contributed by atoms with Crippen LogP contribution in [0.2, 0.25) is 0 Å². The summed E-state index contributed by atoms with van der Waals surface area (Å²) in [5, 5.41) is -0.103. The van der Waals surface area contributed by atoms with Gasteiger partial charge in [-0.05, 0) is 6.92 Å². The Labute approximate surface area is 86.4 Å². The summed E-state index contributed by atoms with van der Waals surface area (Å²) in [6.07, 6.45) is -2.35. The number of hydrogen-bond donors (Lipinski definition) is 0. The zero-order valence-electron chi connectivity index (χ0n) is 8.36. The quantitative estimate of drug-likeness (QED) is 0.692. The molecule has 0 aliphatic heterocycles. The summed E-state index contributed by atoms with van der Waals surface area (Å²) >= 11 is 0.889. The summed E-state index contributed by atoms with van der Waals surface area (Å²) in [7, 11) is 0. The van der Waals surface area contributed by atoms with E-state index in [1.807, 2.05) is 0 Å². The molecule has 0 heterocycles. The van der Waals surface area contributed by atoms with Crippen LogP contribution in [0, 0.1) is 0 Å². The zero-order valence-corrected chi connectivity index (χ0v) is 9.17. The van der Waals surface area contributed by atoms with Gasteiger partial charge in [0.25, 0.3) is 5.92 Å². The highest BCUT2D eigenvalue weighted by Gasteiger charge is 2.30. The number of hydrogen-bond acceptors (Lipinski definition) is 2. The van der Waals surface area contributed by atoms with Crippen LogP contribution in [0.5, 0.6) is 0 Å². The Morgan fingerprint density at radius 1 is 1.50 bits per heavy atom. The lowest BCUT2D eigenvalue weighted by molar-refractivity contribution is -0.110. The minimum absolute atomic E-state index is 0.0619. The van der Waals surface area contributed by atoms with Crippen molar-refractivity contribution in [2.45, 2.75) is 45.2 Å². The van der Waals surface area contributed by atoms with Gasteiger partial charge in [0.1, 0.15) is 6.17 Å². The molecule has 14 heavy (non-hydrogen) atoms. The highest BCUT2D eigenvalue weighted by Crippen LogP contribution is 2.27. The fourth-order valence-corrected chi connectivity index (χ4v) is 1.76. The Morgan fingerprint density at radius 3 is 2.50 bits per heavy atom. The van der Waals surface area contributed by atoms with Gasteiger partial charge in [0.2, 0.25) is 0 Å². The van der Waals surface area contributed by atoms with Gasteiger partial charge in [0.15, 0.2) is 5.12 Å². The second-order valence-electron chi connectivity index (χ2n) is 3.16. The third-order valence-electron chi connectivity index (χ3n) is 1.60. The van der Waals surface area contributed by atoms with Crippen LogP contribution in [0.4, 0.5) is 13.2 Å². The molecule has 1 nitrogen and oxygen atoms in total. The van der Waals surface area contributed by atoms with Gasteiger partial charge in [-0.15, -0.1) is 0 Å². The van der Waals surface area contributed by atoms with E-state index in [1.54, 1.807) is 6.92 Å². The van der Waals surface area contributed by atoms with Crippen molar-refractivity contribution in [1.29, 1.82) is 0 Å². The highest BCUT2D eigenvalue weighted by molar-refractivity contribution is 8.13. The lowest BCUT2D eigenvalue weighted by atomic mass is 10.1. The first-order chi connectivity index (χ1) is 6.37. The van der Waals surface area contributed by atoms with Crippen molar-refractivity contribution in [2.24, 2.45) is 0 Å². The number of carbonyl (C=O) groups excluding carboxylic acids is 1. The number of rotatable bonds is 6. The Hall–Kier alpha value is -0.190. The molecule has 1 unspecified atom stereocenters. The van der Waals surface area contributed by atoms with Crippen LogP contribution < -0.4 is 0 Å². The molecule has 0 spiro atoms. The summed E-state index contributed by atoms with van der Waals surface area (Å²) < 4.78 is 38.0. The molecule has 0 aliphatic rings. The molecule has 84 valence electrons. The number of halogens is 3. The molecular formula is C9H15F3OS. The Morgan fingerprint density at radius 2 is 2.07 bits per heavy atom. The minimum Gasteiger partial charge on any atom is -0.287 e. The second kappa shape index (κ2) is 6.32. The summed E-state index contributed by atoms with van der Waals surface area (Å²) in [6, 6.07) is 0. The molecule has 0 aromatic carbocycles. The van der Waals surface area contributed by atoms with Crippen LogP contribution in [0.1, 0.15) is 33.1 Å². The van der Waals surface area contributed by atoms with Crippen LogP contribution >= 0.6 is 11.8 Å².